The summed E-state index contributed by atoms with van der Waals surface area (Å²) >= 11 is 0. The van der Waals surface area contributed by atoms with Crippen molar-refractivity contribution >= 4 is 10.9 Å². The van der Waals surface area contributed by atoms with Gasteiger partial charge in [0.05, 0.1) is 18.2 Å². The van der Waals surface area contributed by atoms with Crippen molar-refractivity contribution in [3.05, 3.63) is 67.1 Å². The summed E-state index contributed by atoms with van der Waals surface area (Å²) in [4.78, 5) is 3.46. The third-order valence-corrected chi connectivity index (χ3v) is 3.67. The van der Waals surface area contributed by atoms with E-state index in [1.807, 2.05) is 30.3 Å². The molecule has 0 spiro atoms. The van der Waals surface area contributed by atoms with E-state index in [-0.39, 0.29) is 5.75 Å². The Labute approximate surface area is 121 Å². The highest BCUT2D eigenvalue weighted by molar-refractivity contribution is 6.03. The molecule has 0 atom stereocenters. The lowest BCUT2D eigenvalue weighted by molar-refractivity contribution is 0.475. The number of phenolic OH excluding ortho intramolecular Hbond substituents is 1. The van der Waals surface area contributed by atoms with E-state index in [4.69, 9.17) is 4.42 Å². The van der Waals surface area contributed by atoms with Gasteiger partial charge in [0.25, 0.3) is 0 Å². The van der Waals surface area contributed by atoms with Gasteiger partial charge in [-0.2, -0.15) is 0 Å². The molecule has 0 fully saturated rings. The Morgan fingerprint density at radius 2 is 1.67 bits per heavy atom. The van der Waals surface area contributed by atoms with Crippen LogP contribution >= 0.6 is 0 Å². The molecule has 3 heteroatoms. The van der Waals surface area contributed by atoms with E-state index >= 15 is 0 Å². The maximum atomic E-state index is 9.50. The van der Waals surface area contributed by atoms with Gasteiger partial charge in [0.2, 0.25) is 0 Å². The lowest BCUT2D eigenvalue weighted by Crippen LogP contribution is -1.80. The van der Waals surface area contributed by atoms with Gasteiger partial charge < -0.3 is 14.5 Å². The van der Waals surface area contributed by atoms with Crippen molar-refractivity contribution in [3.8, 4) is 28.1 Å². The highest BCUT2D eigenvalue weighted by atomic mass is 16.3. The Balaban J connectivity index is 2.05. The zero-order valence-electron chi connectivity index (χ0n) is 11.2. The number of aromatic hydroxyl groups is 1. The van der Waals surface area contributed by atoms with Gasteiger partial charge in [-0.3, -0.25) is 0 Å². The van der Waals surface area contributed by atoms with Gasteiger partial charge in [0.1, 0.15) is 5.75 Å². The minimum absolute atomic E-state index is 0.267. The van der Waals surface area contributed by atoms with E-state index in [1.165, 1.54) is 0 Å². The van der Waals surface area contributed by atoms with Crippen molar-refractivity contribution in [2.75, 3.05) is 0 Å². The van der Waals surface area contributed by atoms with Gasteiger partial charge in [-0.1, -0.05) is 30.3 Å². The second kappa shape index (κ2) is 4.56. The van der Waals surface area contributed by atoms with Crippen molar-refractivity contribution in [3.63, 3.8) is 0 Å². The van der Waals surface area contributed by atoms with Crippen LogP contribution in [0.3, 0.4) is 0 Å². The zero-order chi connectivity index (χ0) is 14.2. The number of fused-ring (bicyclic) bond motifs is 1. The fraction of sp³-hybridized carbons (Fsp3) is 0. The Bertz CT molecular complexity index is 887. The molecule has 2 aromatic carbocycles. The van der Waals surface area contributed by atoms with E-state index < -0.39 is 0 Å². The molecule has 21 heavy (non-hydrogen) atoms. The maximum Gasteiger partial charge on any atom is 0.115 e. The van der Waals surface area contributed by atoms with E-state index in [0.29, 0.717) is 0 Å². The molecule has 0 bridgehead atoms. The Morgan fingerprint density at radius 1 is 0.857 bits per heavy atom. The Kier molecular flexibility index (Phi) is 2.57. The number of furan rings is 1. The molecule has 0 aliphatic heterocycles. The van der Waals surface area contributed by atoms with E-state index in [2.05, 4.69) is 17.1 Å². The lowest BCUT2D eigenvalue weighted by atomic mass is 9.99. The second-order valence-electron chi connectivity index (χ2n) is 4.98. The van der Waals surface area contributed by atoms with Crippen LogP contribution in [-0.4, -0.2) is 10.1 Å². The molecule has 2 heterocycles. The van der Waals surface area contributed by atoms with Gasteiger partial charge in [-0.05, 0) is 29.8 Å². The predicted octanol–water partition coefficient (Wildman–Crippen LogP) is 4.80. The number of benzene rings is 2. The summed E-state index contributed by atoms with van der Waals surface area (Å²) in [5, 5.41) is 10.7. The second-order valence-corrected chi connectivity index (χ2v) is 4.98. The molecule has 0 saturated heterocycles. The summed E-state index contributed by atoms with van der Waals surface area (Å²) in [5.41, 5.74) is 5.29. The first kappa shape index (κ1) is 11.9. The van der Waals surface area contributed by atoms with Gasteiger partial charge >= 0.3 is 0 Å². The lowest BCUT2D eigenvalue weighted by Gasteiger charge is -2.04. The van der Waals surface area contributed by atoms with Crippen molar-refractivity contribution in [1.29, 1.82) is 0 Å². The normalized spacial score (nSPS) is 11.0. The molecular weight excluding hydrogens is 262 g/mol. The molecule has 0 aliphatic rings. The van der Waals surface area contributed by atoms with E-state index in [1.54, 1.807) is 24.7 Å². The summed E-state index contributed by atoms with van der Waals surface area (Å²) < 4.78 is 5.21. The van der Waals surface area contributed by atoms with Crippen LogP contribution in [-0.2, 0) is 0 Å². The van der Waals surface area contributed by atoms with Crippen molar-refractivity contribution in [2.45, 2.75) is 0 Å². The SMILES string of the molecule is Oc1ccc(-c2c(-c3ccoc3)[nH]c3ccccc23)cc1. The number of aromatic nitrogens is 1. The van der Waals surface area contributed by atoms with Crippen LogP contribution in [0.25, 0.3) is 33.3 Å². The highest BCUT2D eigenvalue weighted by Gasteiger charge is 2.15. The highest BCUT2D eigenvalue weighted by Crippen LogP contribution is 2.38. The fourth-order valence-corrected chi connectivity index (χ4v) is 2.69. The average Bonchev–Trinajstić information content (AvgIpc) is 3.15. The maximum absolute atomic E-state index is 9.50. The summed E-state index contributed by atoms with van der Waals surface area (Å²) in [6.45, 7) is 0. The molecule has 3 nitrogen and oxygen atoms in total. The van der Waals surface area contributed by atoms with Crippen LogP contribution < -0.4 is 0 Å². The smallest absolute Gasteiger partial charge is 0.115 e. The first-order valence-electron chi connectivity index (χ1n) is 6.75. The molecule has 0 saturated carbocycles. The van der Waals surface area contributed by atoms with Crippen molar-refractivity contribution in [2.24, 2.45) is 0 Å². The third-order valence-electron chi connectivity index (χ3n) is 3.67. The number of H-pyrrole nitrogens is 1. The van der Waals surface area contributed by atoms with Crippen molar-refractivity contribution < 1.29 is 9.52 Å². The number of nitrogens with one attached hydrogen (secondary N) is 1. The minimum atomic E-state index is 0.267. The largest absolute Gasteiger partial charge is 0.508 e. The number of phenols is 1. The molecule has 4 rings (SSSR count). The number of hydrogen-bond acceptors (Lipinski definition) is 2. The topological polar surface area (TPSA) is 49.2 Å². The molecule has 102 valence electrons. The summed E-state index contributed by atoms with van der Waals surface area (Å²) in [7, 11) is 0. The molecule has 0 radical (unpaired) electrons. The van der Waals surface area contributed by atoms with Crippen molar-refractivity contribution in [1.82, 2.24) is 4.98 Å². The quantitative estimate of drug-likeness (QED) is 0.552. The van der Waals surface area contributed by atoms with Gasteiger partial charge in [0, 0.05) is 22.0 Å². The fourth-order valence-electron chi connectivity index (χ4n) is 2.69. The van der Waals surface area contributed by atoms with E-state index in [0.717, 1.165) is 33.3 Å². The third kappa shape index (κ3) is 1.91. The molecular formula is C18H13NO2. The van der Waals surface area contributed by atoms with Gasteiger partial charge in [-0.25, -0.2) is 0 Å². The molecule has 2 N–H and O–H groups in total. The van der Waals surface area contributed by atoms with Crippen LogP contribution in [0, 0.1) is 0 Å². The van der Waals surface area contributed by atoms with E-state index in [9.17, 15) is 5.11 Å². The predicted molar refractivity (Wildman–Crippen MR) is 83.1 cm³/mol. The summed E-state index contributed by atoms with van der Waals surface area (Å²) in [6, 6.07) is 17.4. The zero-order valence-corrected chi connectivity index (χ0v) is 11.2. The molecule has 4 aromatic rings. The standard InChI is InChI=1S/C18H13NO2/c20-14-7-5-12(6-8-14)17-15-3-1-2-4-16(15)19-18(17)13-9-10-21-11-13/h1-11,19-20H. The number of hydrogen-bond donors (Lipinski definition) is 2. The summed E-state index contributed by atoms with van der Waals surface area (Å²) in [6.07, 6.45) is 3.40. The van der Waals surface area contributed by atoms with Gasteiger partial charge in [-0.15, -0.1) is 0 Å². The van der Waals surface area contributed by atoms with Crippen LogP contribution in [0.5, 0.6) is 5.75 Å². The van der Waals surface area contributed by atoms with Crippen LogP contribution in [0.1, 0.15) is 0 Å². The average molecular weight is 275 g/mol. The molecule has 0 unspecified atom stereocenters. The van der Waals surface area contributed by atoms with Crippen LogP contribution in [0.2, 0.25) is 0 Å². The first-order valence-corrected chi connectivity index (χ1v) is 6.75. The Morgan fingerprint density at radius 3 is 2.43 bits per heavy atom. The van der Waals surface area contributed by atoms with Gasteiger partial charge in [0.15, 0.2) is 0 Å². The monoisotopic (exact) mass is 275 g/mol. The number of rotatable bonds is 2. The Hall–Kier alpha value is -2.94. The molecule has 0 amide bonds. The summed E-state index contributed by atoms with van der Waals surface area (Å²) in [5.74, 6) is 0.267. The first-order chi connectivity index (χ1) is 10.3. The molecule has 0 aliphatic carbocycles. The van der Waals surface area contributed by atoms with Crippen LogP contribution in [0.4, 0.5) is 0 Å². The minimum Gasteiger partial charge on any atom is -0.508 e. The van der Waals surface area contributed by atoms with Crippen LogP contribution in [0.15, 0.2) is 71.5 Å². The number of para-hydroxylation sites is 1. The number of aromatic amines is 1. The molecule has 2 aromatic heterocycles.